The van der Waals surface area contributed by atoms with E-state index in [9.17, 15) is 9.18 Å². The van der Waals surface area contributed by atoms with E-state index in [1.165, 1.54) is 25.2 Å². The van der Waals surface area contributed by atoms with Gasteiger partial charge in [0.15, 0.2) is 0 Å². The average molecular weight is 308 g/mol. The second-order valence-electron chi connectivity index (χ2n) is 5.28. The molecule has 1 fully saturated rings. The van der Waals surface area contributed by atoms with Gasteiger partial charge in [-0.1, -0.05) is 0 Å². The molecule has 2 heterocycles. The molecule has 8 heteroatoms. The first-order valence-electron chi connectivity index (χ1n) is 7.14. The number of tetrazole rings is 1. The first-order valence-corrected chi connectivity index (χ1v) is 7.14. The van der Waals surface area contributed by atoms with Gasteiger partial charge in [0.05, 0.1) is 6.61 Å². The largest absolute Gasteiger partial charge is 0.491 e. The van der Waals surface area contributed by atoms with E-state index in [4.69, 9.17) is 9.47 Å². The first-order chi connectivity index (χ1) is 10.6. The van der Waals surface area contributed by atoms with Gasteiger partial charge in [-0.3, -0.25) is 0 Å². The van der Waals surface area contributed by atoms with Crippen molar-refractivity contribution in [3.8, 4) is 11.4 Å². The Morgan fingerprint density at radius 3 is 2.82 bits per heavy atom. The Kier molecular flexibility index (Phi) is 4.19. The summed E-state index contributed by atoms with van der Waals surface area (Å²) in [6.07, 6.45) is 1.82. The van der Waals surface area contributed by atoms with Crippen molar-refractivity contribution in [3.63, 3.8) is 0 Å². The van der Waals surface area contributed by atoms with Crippen LogP contribution in [0.1, 0.15) is 12.8 Å². The van der Waals surface area contributed by atoms with Gasteiger partial charge in [0, 0.05) is 26.3 Å². The molecule has 1 aromatic heterocycles. The highest BCUT2D eigenvalue weighted by molar-refractivity contribution is 5.45. The molecule has 118 valence electrons. The molecular weight excluding hydrogens is 291 g/mol. The molecule has 1 aliphatic rings. The maximum Gasteiger partial charge on any atom is 0.368 e. The third-order valence-electron chi connectivity index (χ3n) is 3.69. The zero-order valence-electron chi connectivity index (χ0n) is 12.2. The van der Waals surface area contributed by atoms with Crippen molar-refractivity contribution in [2.75, 3.05) is 19.8 Å². The number of aromatic nitrogens is 4. The lowest BCUT2D eigenvalue weighted by Gasteiger charge is -2.22. The van der Waals surface area contributed by atoms with Crippen LogP contribution in [-0.4, -0.2) is 39.6 Å². The molecule has 0 amide bonds. The molecule has 0 bridgehead atoms. The van der Waals surface area contributed by atoms with Crippen LogP contribution in [0.15, 0.2) is 23.0 Å². The lowest BCUT2D eigenvalue weighted by atomic mass is 10.0. The number of hydrogen-bond acceptors (Lipinski definition) is 5. The molecule has 0 aliphatic carbocycles. The van der Waals surface area contributed by atoms with Crippen molar-refractivity contribution in [2.24, 2.45) is 13.0 Å². The summed E-state index contributed by atoms with van der Waals surface area (Å²) in [5.74, 6) is 0.222. The van der Waals surface area contributed by atoms with Crippen molar-refractivity contribution in [2.45, 2.75) is 12.8 Å². The molecule has 1 aromatic carbocycles. The number of aryl methyl sites for hydroxylation is 1. The van der Waals surface area contributed by atoms with E-state index < -0.39 is 11.5 Å². The number of ether oxygens (including phenoxy) is 2. The van der Waals surface area contributed by atoms with Gasteiger partial charge >= 0.3 is 5.69 Å². The molecule has 0 unspecified atom stereocenters. The van der Waals surface area contributed by atoms with Crippen molar-refractivity contribution < 1.29 is 13.9 Å². The molecule has 0 saturated carbocycles. The van der Waals surface area contributed by atoms with E-state index in [1.54, 1.807) is 0 Å². The zero-order chi connectivity index (χ0) is 15.5. The Labute approximate surface area is 126 Å². The maximum absolute atomic E-state index is 13.5. The Balaban J connectivity index is 1.84. The molecule has 0 atom stereocenters. The Morgan fingerprint density at radius 2 is 2.14 bits per heavy atom. The summed E-state index contributed by atoms with van der Waals surface area (Å²) in [5, 5.41) is 7.42. The van der Waals surface area contributed by atoms with Crippen LogP contribution in [0.4, 0.5) is 4.39 Å². The normalized spacial score (nSPS) is 15.9. The monoisotopic (exact) mass is 308 g/mol. The van der Waals surface area contributed by atoms with E-state index in [0.29, 0.717) is 31.4 Å². The van der Waals surface area contributed by atoms with Crippen molar-refractivity contribution >= 4 is 0 Å². The lowest BCUT2D eigenvalue weighted by Crippen LogP contribution is -2.24. The van der Waals surface area contributed by atoms with Gasteiger partial charge in [-0.25, -0.2) is 9.18 Å². The standard InChI is InChI=1S/C14H17FN4O3/c1-18-14(20)19(17-16-18)12-3-2-11(15)8-13(12)22-9-10-4-6-21-7-5-10/h2-3,8,10H,4-7,9H2,1H3. The first kappa shape index (κ1) is 14.7. The number of rotatable bonds is 4. The van der Waals surface area contributed by atoms with Crippen molar-refractivity contribution in [1.29, 1.82) is 0 Å². The van der Waals surface area contributed by atoms with Crippen LogP contribution in [0.2, 0.25) is 0 Å². The molecular formula is C14H17FN4O3. The van der Waals surface area contributed by atoms with Crippen molar-refractivity contribution in [3.05, 3.63) is 34.5 Å². The number of benzene rings is 1. The third kappa shape index (κ3) is 3.01. The molecule has 22 heavy (non-hydrogen) atoms. The quantitative estimate of drug-likeness (QED) is 0.839. The minimum Gasteiger partial charge on any atom is -0.491 e. The average Bonchev–Trinajstić information content (AvgIpc) is 2.86. The Hall–Kier alpha value is -2.22. The summed E-state index contributed by atoms with van der Waals surface area (Å²) in [4.78, 5) is 11.9. The van der Waals surface area contributed by atoms with Crippen LogP contribution in [-0.2, 0) is 11.8 Å². The number of hydrogen-bond donors (Lipinski definition) is 0. The van der Waals surface area contributed by atoms with Crippen LogP contribution in [0, 0.1) is 11.7 Å². The van der Waals surface area contributed by atoms with Crippen LogP contribution in [0.5, 0.6) is 5.75 Å². The molecule has 1 saturated heterocycles. The molecule has 0 N–H and O–H groups in total. The Morgan fingerprint density at radius 1 is 1.36 bits per heavy atom. The van der Waals surface area contributed by atoms with Crippen molar-refractivity contribution in [1.82, 2.24) is 19.8 Å². The van der Waals surface area contributed by atoms with Gasteiger partial charge < -0.3 is 9.47 Å². The summed E-state index contributed by atoms with van der Waals surface area (Å²) in [6, 6.07) is 3.98. The minimum atomic E-state index is -0.428. The smallest absolute Gasteiger partial charge is 0.368 e. The highest BCUT2D eigenvalue weighted by Gasteiger charge is 2.17. The fourth-order valence-electron chi connectivity index (χ4n) is 2.36. The van der Waals surface area contributed by atoms with Gasteiger partial charge in [-0.15, -0.1) is 0 Å². The molecule has 2 aromatic rings. The maximum atomic E-state index is 13.5. The summed E-state index contributed by atoms with van der Waals surface area (Å²) in [6.45, 7) is 1.89. The van der Waals surface area contributed by atoms with E-state index in [1.807, 2.05) is 0 Å². The predicted molar refractivity (Wildman–Crippen MR) is 75.6 cm³/mol. The molecule has 1 aliphatic heterocycles. The highest BCUT2D eigenvalue weighted by Crippen LogP contribution is 2.24. The fourth-order valence-corrected chi connectivity index (χ4v) is 2.36. The molecule has 0 spiro atoms. The Bertz CT molecular complexity index is 706. The SMILES string of the molecule is Cn1nnn(-c2ccc(F)cc2OCC2CCOCC2)c1=O. The fraction of sp³-hybridized carbons (Fsp3) is 0.500. The van der Waals surface area contributed by atoms with Crippen LogP contribution >= 0.6 is 0 Å². The topological polar surface area (TPSA) is 71.2 Å². The van der Waals surface area contributed by atoms with E-state index in [2.05, 4.69) is 10.4 Å². The molecule has 3 rings (SSSR count). The summed E-state index contributed by atoms with van der Waals surface area (Å²) in [7, 11) is 1.50. The van der Waals surface area contributed by atoms with Gasteiger partial charge in [0.25, 0.3) is 0 Å². The predicted octanol–water partition coefficient (Wildman–Crippen LogP) is 0.910. The molecule has 0 radical (unpaired) electrons. The second-order valence-corrected chi connectivity index (χ2v) is 5.28. The number of halogens is 1. The van der Waals surface area contributed by atoms with Crippen LogP contribution < -0.4 is 10.4 Å². The van der Waals surface area contributed by atoms with Gasteiger partial charge in [-0.05, 0) is 41.3 Å². The van der Waals surface area contributed by atoms with Crippen LogP contribution in [0.25, 0.3) is 5.69 Å². The van der Waals surface area contributed by atoms with E-state index in [0.717, 1.165) is 22.2 Å². The summed E-state index contributed by atoms with van der Waals surface area (Å²) in [5.41, 5.74) is -0.0333. The van der Waals surface area contributed by atoms with Crippen LogP contribution in [0.3, 0.4) is 0 Å². The minimum absolute atomic E-state index is 0.286. The summed E-state index contributed by atoms with van der Waals surface area (Å²) >= 11 is 0. The van der Waals surface area contributed by atoms with Gasteiger partial charge in [0.2, 0.25) is 0 Å². The summed E-state index contributed by atoms with van der Waals surface area (Å²) < 4.78 is 26.7. The van der Waals surface area contributed by atoms with E-state index >= 15 is 0 Å². The zero-order valence-corrected chi connectivity index (χ0v) is 12.2. The highest BCUT2D eigenvalue weighted by atomic mass is 19.1. The number of nitrogens with zero attached hydrogens (tertiary/aromatic N) is 4. The molecule has 7 nitrogen and oxygen atoms in total. The lowest BCUT2D eigenvalue weighted by molar-refractivity contribution is 0.0497. The second kappa shape index (κ2) is 6.27. The third-order valence-corrected chi connectivity index (χ3v) is 3.69. The van der Waals surface area contributed by atoms with E-state index in [-0.39, 0.29) is 5.75 Å². The van der Waals surface area contributed by atoms with Gasteiger partial charge in [0.1, 0.15) is 17.3 Å². The van der Waals surface area contributed by atoms with Gasteiger partial charge in [-0.2, -0.15) is 9.36 Å².